The monoisotopic (exact) mass is 371 g/mol. The minimum atomic E-state index is -0.359. The Bertz CT molecular complexity index is 601. The first-order valence-corrected chi connectivity index (χ1v) is 7.84. The molecule has 0 aromatic heterocycles. The molecule has 2 aromatic rings. The van der Waals surface area contributed by atoms with E-state index in [9.17, 15) is 4.39 Å². The van der Waals surface area contributed by atoms with Crippen LogP contribution in [0.5, 0.6) is 5.75 Å². The summed E-state index contributed by atoms with van der Waals surface area (Å²) in [5.74, 6) is 0.348. The summed E-state index contributed by atoms with van der Waals surface area (Å²) in [7, 11) is 0. The van der Waals surface area contributed by atoms with E-state index in [4.69, 9.17) is 16.3 Å². The topological polar surface area (TPSA) is 21.3 Å². The molecule has 112 valence electrons. The number of benzene rings is 2. The second kappa shape index (κ2) is 7.78. The summed E-state index contributed by atoms with van der Waals surface area (Å²) in [4.78, 5) is 0. The lowest BCUT2D eigenvalue weighted by molar-refractivity contribution is 0.294. The van der Waals surface area contributed by atoms with Gasteiger partial charge in [-0.3, -0.25) is 0 Å². The Morgan fingerprint density at radius 3 is 2.71 bits per heavy atom. The molecule has 0 radical (unpaired) electrons. The molecule has 0 aliphatic heterocycles. The zero-order valence-electron chi connectivity index (χ0n) is 11.6. The van der Waals surface area contributed by atoms with E-state index in [-0.39, 0.29) is 12.4 Å². The second-order valence-electron chi connectivity index (χ2n) is 4.50. The van der Waals surface area contributed by atoms with Gasteiger partial charge in [0.1, 0.15) is 18.2 Å². The Morgan fingerprint density at radius 2 is 2.00 bits per heavy atom. The fourth-order valence-corrected chi connectivity index (χ4v) is 2.67. The fourth-order valence-electron chi connectivity index (χ4n) is 1.93. The highest BCUT2D eigenvalue weighted by Crippen LogP contribution is 2.31. The summed E-state index contributed by atoms with van der Waals surface area (Å²) >= 11 is 9.48. The maximum atomic E-state index is 13.8. The molecule has 0 aliphatic rings. The lowest BCUT2D eigenvalue weighted by atomic mass is 10.2. The number of para-hydroxylation sites is 1. The van der Waals surface area contributed by atoms with Gasteiger partial charge in [0.25, 0.3) is 0 Å². The van der Waals surface area contributed by atoms with Crippen molar-refractivity contribution in [2.45, 2.75) is 20.1 Å². The number of ether oxygens (including phenoxy) is 1. The van der Waals surface area contributed by atoms with Crippen LogP contribution in [-0.2, 0) is 13.2 Å². The van der Waals surface area contributed by atoms with Gasteiger partial charge in [0.2, 0.25) is 0 Å². The van der Waals surface area contributed by atoms with Crippen molar-refractivity contribution in [3.05, 3.63) is 62.8 Å². The minimum absolute atomic E-state index is 0.0905. The zero-order chi connectivity index (χ0) is 15.2. The number of hydrogen-bond acceptors (Lipinski definition) is 2. The maximum absolute atomic E-state index is 13.8. The molecule has 0 amide bonds. The molecule has 2 nitrogen and oxygen atoms in total. The molecule has 21 heavy (non-hydrogen) atoms. The third-order valence-electron chi connectivity index (χ3n) is 3.04. The Balaban J connectivity index is 2.19. The maximum Gasteiger partial charge on any atom is 0.138 e. The van der Waals surface area contributed by atoms with Crippen molar-refractivity contribution in [2.75, 3.05) is 6.54 Å². The van der Waals surface area contributed by atoms with Crippen molar-refractivity contribution in [2.24, 2.45) is 0 Å². The molecule has 5 heteroatoms. The number of halogens is 3. The van der Waals surface area contributed by atoms with Crippen LogP contribution >= 0.6 is 27.5 Å². The number of hydrogen-bond donors (Lipinski definition) is 1. The van der Waals surface area contributed by atoms with Crippen molar-refractivity contribution in [3.8, 4) is 5.75 Å². The van der Waals surface area contributed by atoms with Crippen LogP contribution in [0, 0.1) is 5.82 Å². The first-order chi connectivity index (χ1) is 10.1. The van der Waals surface area contributed by atoms with Crippen LogP contribution < -0.4 is 10.1 Å². The van der Waals surface area contributed by atoms with Gasteiger partial charge in [0, 0.05) is 17.7 Å². The summed E-state index contributed by atoms with van der Waals surface area (Å²) in [6, 6.07) is 10.4. The van der Waals surface area contributed by atoms with Crippen LogP contribution in [-0.4, -0.2) is 6.54 Å². The lowest BCUT2D eigenvalue weighted by Gasteiger charge is -2.14. The molecule has 0 bridgehead atoms. The summed E-state index contributed by atoms with van der Waals surface area (Å²) in [5, 5.41) is 3.62. The van der Waals surface area contributed by atoms with Gasteiger partial charge in [-0.05, 0) is 40.7 Å². The Labute approximate surface area is 137 Å². The number of nitrogens with one attached hydrogen (secondary N) is 1. The van der Waals surface area contributed by atoms with Crippen molar-refractivity contribution < 1.29 is 9.13 Å². The van der Waals surface area contributed by atoms with E-state index >= 15 is 0 Å². The number of rotatable bonds is 6. The van der Waals surface area contributed by atoms with E-state index < -0.39 is 0 Å². The Kier molecular flexibility index (Phi) is 6.03. The highest BCUT2D eigenvalue weighted by Gasteiger charge is 2.12. The summed E-state index contributed by atoms with van der Waals surface area (Å²) < 4.78 is 20.4. The largest absolute Gasteiger partial charge is 0.487 e. The molecule has 0 unspecified atom stereocenters. The van der Waals surface area contributed by atoms with Gasteiger partial charge in [-0.2, -0.15) is 0 Å². The van der Waals surface area contributed by atoms with Crippen LogP contribution in [0.2, 0.25) is 5.02 Å². The van der Waals surface area contributed by atoms with E-state index in [1.54, 1.807) is 12.1 Å². The van der Waals surface area contributed by atoms with Crippen LogP contribution in [0.4, 0.5) is 4.39 Å². The van der Waals surface area contributed by atoms with Crippen molar-refractivity contribution >= 4 is 27.5 Å². The molecule has 1 N–H and O–H groups in total. The predicted molar refractivity (Wildman–Crippen MR) is 87.3 cm³/mol. The summed E-state index contributed by atoms with van der Waals surface area (Å²) in [6.45, 7) is 3.69. The third-order valence-corrected chi connectivity index (χ3v) is 4.02. The molecule has 0 heterocycles. The van der Waals surface area contributed by atoms with Gasteiger partial charge in [-0.1, -0.05) is 36.7 Å². The second-order valence-corrected chi connectivity index (χ2v) is 5.76. The highest BCUT2D eigenvalue weighted by molar-refractivity contribution is 9.10. The summed E-state index contributed by atoms with van der Waals surface area (Å²) in [5.41, 5.74) is 1.38. The molecular weight excluding hydrogens is 357 g/mol. The highest BCUT2D eigenvalue weighted by atomic mass is 79.9. The smallest absolute Gasteiger partial charge is 0.138 e. The molecular formula is C16H16BrClFNO. The lowest BCUT2D eigenvalue weighted by Crippen LogP contribution is -2.13. The normalized spacial score (nSPS) is 10.7. The van der Waals surface area contributed by atoms with Gasteiger partial charge >= 0.3 is 0 Å². The van der Waals surface area contributed by atoms with E-state index in [2.05, 4.69) is 21.2 Å². The van der Waals surface area contributed by atoms with E-state index in [1.165, 1.54) is 6.07 Å². The first kappa shape index (κ1) is 16.3. The molecule has 2 aromatic carbocycles. The van der Waals surface area contributed by atoms with Crippen molar-refractivity contribution in [1.29, 1.82) is 0 Å². The zero-order valence-corrected chi connectivity index (χ0v) is 14.0. The van der Waals surface area contributed by atoms with Gasteiger partial charge in [-0.15, -0.1) is 0 Å². The van der Waals surface area contributed by atoms with Crippen LogP contribution in [0.1, 0.15) is 18.1 Å². The molecule has 0 atom stereocenters. The third kappa shape index (κ3) is 4.19. The molecule has 0 fully saturated rings. The molecule has 2 rings (SSSR count). The quantitative estimate of drug-likeness (QED) is 0.776. The molecule has 0 saturated heterocycles. The summed E-state index contributed by atoms with van der Waals surface area (Å²) in [6.07, 6.45) is 0. The SMILES string of the molecule is CCNCc1cccc(Br)c1OCc1c(F)cccc1Cl. The van der Waals surface area contributed by atoms with Gasteiger partial charge < -0.3 is 10.1 Å². The first-order valence-electron chi connectivity index (χ1n) is 6.67. The van der Waals surface area contributed by atoms with Gasteiger partial charge in [0.05, 0.1) is 9.50 Å². The van der Waals surface area contributed by atoms with Crippen LogP contribution in [0.25, 0.3) is 0 Å². The van der Waals surface area contributed by atoms with E-state index in [0.717, 1.165) is 16.6 Å². The predicted octanol–water partition coefficient (Wildman–Crippen LogP) is 4.93. The standard InChI is InChI=1S/C16H16BrClFNO/c1-2-20-9-11-5-3-6-13(17)16(11)21-10-12-14(18)7-4-8-15(12)19/h3-8,20H,2,9-10H2,1H3. The fraction of sp³-hybridized carbons (Fsp3) is 0.250. The van der Waals surface area contributed by atoms with Crippen LogP contribution in [0.15, 0.2) is 40.9 Å². The average Bonchev–Trinajstić information content (AvgIpc) is 2.46. The van der Waals surface area contributed by atoms with E-state index in [0.29, 0.717) is 22.9 Å². The van der Waals surface area contributed by atoms with E-state index in [1.807, 2.05) is 25.1 Å². The van der Waals surface area contributed by atoms with Crippen molar-refractivity contribution in [3.63, 3.8) is 0 Å². The van der Waals surface area contributed by atoms with Gasteiger partial charge in [0.15, 0.2) is 0 Å². The molecule has 0 saturated carbocycles. The Morgan fingerprint density at radius 1 is 1.24 bits per heavy atom. The molecule has 0 spiro atoms. The van der Waals surface area contributed by atoms with Crippen LogP contribution in [0.3, 0.4) is 0 Å². The Hall–Kier alpha value is -1.10. The minimum Gasteiger partial charge on any atom is -0.487 e. The van der Waals surface area contributed by atoms with Crippen molar-refractivity contribution in [1.82, 2.24) is 5.32 Å². The van der Waals surface area contributed by atoms with Gasteiger partial charge in [-0.25, -0.2) is 4.39 Å². The molecule has 0 aliphatic carbocycles. The average molecular weight is 373 g/mol.